The van der Waals surface area contributed by atoms with E-state index in [2.05, 4.69) is 10.3 Å². The molecule has 18 heavy (non-hydrogen) atoms. The van der Waals surface area contributed by atoms with Crippen LogP contribution in [0.1, 0.15) is 5.01 Å². The molecule has 1 amide bonds. The minimum atomic E-state index is -0.337. The smallest absolute Gasteiger partial charge is 0.258 e. The molecule has 94 valence electrons. The molecule has 0 fully saturated rings. The molecular formula is C12H11FN2O2S. The lowest BCUT2D eigenvalue weighted by atomic mass is 10.3. The Kier molecular flexibility index (Phi) is 4.25. The SMILES string of the molecule is O=C(COc1ccc(F)cc1)NCc1nccs1. The van der Waals surface area contributed by atoms with Crippen molar-refractivity contribution < 1.29 is 13.9 Å². The van der Waals surface area contributed by atoms with Gasteiger partial charge in [-0.15, -0.1) is 11.3 Å². The predicted molar refractivity (Wildman–Crippen MR) is 65.9 cm³/mol. The summed E-state index contributed by atoms with van der Waals surface area (Å²) in [4.78, 5) is 15.5. The zero-order chi connectivity index (χ0) is 12.8. The number of thiazole rings is 1. The van der Waals surface area contributed by atoms with Gasteiger partial charge in [-0.05, 0) is 24.3 Å². The van der Waals surface area contributed by atoms with Crippen LogP contribution in [0.4, 0.5) is 4.39 Å². The van der Waals surface area contributed by atoms with Gasteiger partial charge in [0, 0.05) is 11.6 Å². The van der Waals surface area contributed by atoms with E-state index in [4.69, 9.17) is 4.74 Å². The third-order valence-electron chi connectivity index (χ3n) is 2.10. The largest absolute Gasteiger partial charge is 0.484 e. The third-order valence-corrected chi connectivity index (χ3v) is 2.88. The lowest BCUT2D eigenvalue weighted by Crippen LogP contribution is -2.28. The molecule has 1 heterocycles. The molecule has 4 nitrogen and oxygen atoms in total. The number of amides is 1. The van der Waals surface area contributed by atoms with Gasteiger partial charge >= 0.3 is 0 Å². The molecule has 0 spiro atoms. The summed E-state index contributed by atoms with van der Waals surface area (Å²) < 4.78 is 17.8. The van der Waals surface area contributed by atoms with Gasteiger partial charge in [0.25, 0.3) is 5.91 Å². The first-order chi connectivity index (χ1) is 8.74. The first-order valence-corrected chi connectivity index (χ1v) is 6.15. The average molecular weight is 266 g/mol. The van der Waals surface area contributed by atoms with Crippen molar-refractivity contribution in [1.82, 2.24) is 10.3 Å². The molecule has 0 radical (unpaired) electrons. The fourth-order valence-electron chi connectivity index (χ4n) is 1.25. The highest BCUT2D eigenvalue weighted by Crippen LogP contribution is 2.10. The van der Waals surface area contributed by atoms with Crippen LogP contribution in [0.5, 0.6) is 5.75 Å². The van der Waals surface area contributed by atoms with Gasteiger partial charge in [0.2, 0.25) is 0 Å². The molecule has 0 aliphatic rings. The van der Waals surface area contributed by atoms with E-state index in [1.807, 2.05) is 5.38 Å². The number of rotatable bonds is 5. The van der Waals surface area contributed by atoms with Crippen LogP contribution in [0.2, 0.25) is 0 Å². The van der Waals surface area contributed by atoms with Crippen LogP contribution in [0, 0.1) is 5.82 Å². The molecule has 0 aliphatic heterocycles. The summed E-state index contributed by atoms with van der Waals surface area (Å²) in [6, 6.07) is 5.51. The second kappa shape index (κ2) is 6.11. The highest BCUT2D eigenvalue weighted by Gasteiger charge is 2.03. The molecule has 2 aromatic rings. The molecule has 0 aliphatic carbocycles. The van der Waals surface area contributed by atoms with E-state index in [0.717, 1.165) is 5.01 Å². The number of ether oxygens (including phenoxy) is 1. The van der Waals surface area contributed by atoms with Crippen LogP contribution >= 0.6 is 11.3 Å². The summed E-state index contributed by atoms with van der Waals surface area (Å²) in [6.07, 6.45) is 1.68. The van der Waals surface area contributed by atoms with Crippen LogP contribution in [-0.2, 0) is 11.3 Å². The van der Waals surface area contributed by atoms with E-state index in [1.165, 1.54) is 35.6 Å². The van der Waals surface area contributed by atoms with Crippen LogP contribution in [0.25, 0.3) is 0 Å². The molecule has 1 aromatic heterocycles. The maximum atomic E-state index is 12.6. The maximum Gasteiger partial charge on any atom is 0.258 e. The van der Waals surface area contributed by atoms with E-state index in [9.17, 15) is 9.18 Å². The Morgan fingerprint density at radius 2 is 2.17 bits per heavy atom. The summed E-state index contributed by atoms with van der Waals surface area (Å²) in [5, 5.41) is 5.36. The van der Waals surface area contributed by atoms with Gasteiger partial charge in [0.05, 0.1) is 6.54 Å². The van der Waals surface area contributed by atoms with E-state index in [-0.39, 0.29) is 18.3 Å². The van der Waals surface area contributed by atoms with E-state index < -0.39 is 0 Å². The normalized spacial score (nSPS) is 10.1. The third kappa shape index (κ3) is 3.81. The number of carbonyl (C=O) groups is 1. The van der Waals surface area contributed by atoms with Crippen molar-refractivity contribution in [3.8, 4) is 5.75 Å². The van der Waals surface area contributed by atoms with E-state index >= 15 is 0 Å². The zero-order valence-corrected chi connectivity index (χ0v) is 10.2. The lowest BCUT2D eigenvalue weighted by Gasteiger charge is -2.06. The summed E-state index contributed by atoms with van der Waals surface area (Å²) in [5.74, 6) is -0.120. The van der Waals surface area contributed by atoms with Crippen molar-refractivity contribution >= 4 is 17.2 Å². The van der Waals surface area contributed by atoms with Crippen molar-refractivity contribution in [2.45, 2.75) is 6.54 Å². The number of nitrogens with zero attached hydrogens (tertiary/aromatic N) is 1. The predicted octanol–water partition coefficient (Wildman–Crippen LogP) is 1.98. The van der Waals surface area contributed by atoms with Gasteiger partial charge < -0.3 is 10.1 Å². The number of hydrogen-bond donors (Lipinski definition) is 1. The van der Waals surface area contributed by atoms with Gasteiger partial charge in [-0.1, -0.05) is 0 Å². The summed E-state index contributed by atoms with van der Waals surface area (Å²) >= 11 is 1.47. The van der Waals surface area contributed by atoms with Gasteiger partial charge in [-0.2, -0.15) is 0 Å². The molecule has 0 unspecified atom stereocenters. The monoisotopic (exact) mass is 266 g/mol. The Hall–Kier alpha value is -1.95. The Bertz CT molecular complexity index is 499. The molecule has 0 saturated heterocycles. The maximum absolute atomic E-state index is 12.6. The van der Waals surface area contributed by atoms with Gasteiger partial charge in [0.15, 0.2) is 6.61 Å². The molecule has 0 atom stereocenters. The van der Waals surface area contributed by atoms with Crippen molar-refractivity contribution in [3.63, 3.8) is 0 Å². The number of halogens is 1. The molecule has 0 saturated carbocycles. The number of nitrogens with one attached hydrogen (secondary N) is 1. The fraction of sp³-hybridized carbons (Fsp3) is 0.167. The minimum Gasteiger partial charge on any atom is -0.484 e. The molecule has 1 N–H and O–H groups in total. The first kappa shape index (κ1) is 12.5. The van der Waals surface area contributed by atoms with Crippen LogP contribution in [0.15, 0.2) is 35.8 Å². The summed E-state index contributed by atoms with van der Waals surface area (Å²) in [5.41, 5.74) is 0. The number of benzene rings is 1. The van der Waals surface area contributed by atoms with Crippen LogP contribution < -0.4 is 10.1 Å². The minimum absolute atomic E-state index is 0.100. The molecule has 6 heteroatoms. The highest BCUT2D eigenvalue weighted by atomic mass is 32.1. The van der Waals surface area contributed by atoms with Crippen molar-refractivity contribution in [2.75, 3.05) is 6.61 Å². The number of aromatic nitrogens is 1. The van der Waals surface area contributed by atoms with Crippen molar-refractivity contribution in [2.24, 2.45) is 0 Å². The van der Waals surface area contributed by atoms with Gasteiger partial charge in [-0.3, -0.25) is 4.79 Å². The summed E-state index contributed by atoms with van der Waals surface area (Å²) in [7, 11) is 0. The van der Waals surface area contributed by atoms with Gasteiger partial charge in [-0.25, -0.2) is 9.37 Å². The Morgan fingerprint density at radius 1 is 1.39 bits per heavy atom. The van der Waals surface area contributed by atoms with E-state index in [1.54, 1.807) is 6.20 Å². The second-order valence-electron chi connectivity index (χ2n) is 3.45. The van der Waals surface area contributed by atoms with Gasteiger partial charge in [0.1, 0.15) is 16.6 Å². The van der Waals surface area contributed by atoms with Crippen molar-refractivity contribution in [1.29, 1.82) is 0 Å². The standard InChI is InChI=1S/C12H11FN2O2S/c13-9-1-3-10(4-2-9)17-8-11(16)15-7-12-14-5-6-18-12/h1-6H,7-8H2,(H,15,16). The topological polar surface area (TPSA) is 51.2 Å². The average Bonchev–Trinajstić information content (AvgIpc) is 2.89. The fourth-order valence-corrected chi connectivity index (χ4v) is 1.80. The molecular weight excluding hydrogens is 255 g/mol. The highest BCUT2D eigenvalue weighted by molar-refractivity contribution is 7.09. The molecule has 0 bridgehead atoms. The zero-order valence-electron chi connectivity index (χ0n) is 9.43. The van der Waals surface area contributed by atoms with Crippen molar-refractivity contribution in [3.05, 3.63) is 46.7 Å². The van der Waals surface area contributed by atoms with Crippen LogP contribution in [0.3, 0.4) is 0 Å². The quantitative estimate of drug-likeness (QED) is 0.900. The van der Waals surface area contributed by atoms with Crippen LogP contribution in [-0.4, -0.2) is 17.5 Å². The lowest BCUT2D eigenvalue weighted by molar-refractivity contribution is -0.123. The Balaban J connectivity index is 1.73. The molecule has 2 rings (SSSR count). The number of hydrogen-bond acceptors (Lipinski definition) is 4. The Labute approximate surface area is 107 Å². The Morgan fingerprint density at radius 3 is 2.83 bits per heavy atom. The first-order valence-electron chi connectivity index (χ1n) is 5.27. The molecule has 1 aromatic carbocycles. The second-order valence-corrected chi connectivity index (χ2v) is 4.42. The number of carbonyl (C=O) groups excluding carboxylic acids is 1. The summed E-state index contributed by atoms with van der Waals surface area (Å²) in [6.45, 7) is 0.292. The van der Waals surface area contributed by atoms with E-state index in [0.29, 0.717) is 12.3 Å².